The second kappa shape index (κ2) is 4.55. The summed E-state index contributed by atoms with van der Waals surface area (Å²) in [5, 5.41) is 0. The van der Waals surface area contributed by atoms with Crippen molar-refractivity contribution in [2.75, 3.05) is 5.73 Å². The van der Waals surface area contributed by atoms with Crippen LogP contribution >= 0.6 is 22.9 Å². The molecule has 1 aromatic heterocycles. The molecule has 0 aliphatic carbocycles. The zero-order valence-electron chi connectivity index (χ0n) is 7.94. The number of hydrogen-bond acceptors (Lipinski definition) is 3. The van der Waals surface area contributed by atoms with Gasteiger partial charge in [0.25, 0.3) is 0 Å². The molecule has 0 saturated heterocycles. The van der Waals surface area contributed by atoms with Gasteiger partial charge in [-0.2, -0.15) is 0 Å². The summed E-state index contributed by atoms with van der Waals surface area (Å²) in [6.07, 6.45) is 0. The van der Waals surface area contributed by atoms with E-state index in [1.807, 2.05) is 36.4 Å². The van der Waals surface area contributed by atoms with E-state index in [-0.39, 0.29) is 0 Å². The number of halogens is 1. The summed E-state index contributed by atoms with van der Waals surface area (Å²) in [4.78, 5) is 1.11. The molecule has 0 radical (unpaired) electrons. The minimum Gasteiger partial charge on any atom is -0.488 e. The standard InChI is InChI=1S/C11H10ClNOS/c12-11-6-5-10(15-11)7-14-9-3-1-8(13)2-4-9/h1-6H,7,13H2. The highest BCUT2D eigenvalue weighted by molar-refractivity contribution is 7.16. The molecule has 0 atom stereocenters. The third-order valence-corrected chi connectivity index (χ3v) is 3.09. The zero-order chi connectivity index (χ0) is 10.7. The minimum absolute atomic E-state index is 0.543. The van der Waals surface area contributed by atoms with E-state index in [1.54, 1.807) is 0 Å². The van der Waals surface area contributed by atoms with Crippen LogP contribution in [0.4, 0.5) is 5.69 Å². The number of nitrogen functional groups attached to an aromatic ring is 1. The van der Waals surface area contributed by atoms with Gasteiger partial charge in [-0.25, -0.2) is 0 Å². The van der Waals surface area contributed by atoms with E-state index in [4.69, 9.17) is 22.1 Å². The van der Waals surface area contributed by atoms with Gasteiger partial charge in [0.1, 0.15) is 12.4 Å². The van der Waals surface area contributed by atoms with E-state index in [2.05, 4.69) is 0 Å². The molecular weight excluding hydrogens is 230 g/mol. The maximum absolute atomic E-state index is 5.81. The molecule has 0 aliphatic heterocycles. The average Bonchev–Trinajstić information content (AvgIpc) is 2.64. The van der Waals surface area contributed by atoms with Crippen molar-refractivity contribution in [1.82, 2.24) is 0 Å². The summed E-state index contributed by atoms with van der Waals surface area (Å²) in [6, 6.07) is 11.2. The molecule has 0 fully saturated rings. The Morgan fingerprint density at radius 3 is 2.47 bits per heavy atom. The van der Waals surface area contributed by atoms with Crippen LogP contribution in [-0.2, 0) is 6.61 Å². The highest BCUT2D eigenvalue weighted by Crippen LogP contribution is 2.23. The number of thiophene rings is 1. The number of nitrogens with two attached hydrogens (primary N) is 1. The summed E-state index contributed by atoms with van der Waals surface area (Å²) in [6.45, 7) is 0.543. The average molecular weight is 240 g/mol. The van der Waals surface area contributed by atoms with Gasteiger partial charge in [-0.15, -0.1) is 11.3 Å². The van der Waals surface area contributed by atoms with Crippen molar-refractivity contribution >= 4 is 28.6 Å². The SMILES string of the molecule is Nc1ccc(OCc2ccc(Cl)s2)cc1. The maximum Gasteiger partial charge on any atom is 0.122 e. The van der Waals surface area contributed by atoms with E-state index in [0.717, 1.165) is 20.7 Å². The number of hydrogen-bond donors (Lipinski definition) is 1. The number of ether oxygens (including phenoxy) is 1. The van der Waals surface area contributed by atoms with Crippen molar-refractivity contribution in [2.45, 2.75) is 6.61 Å². The second-order valence-electron chi connectivity index (χ2n) is 3.06. The van der Waals surface area contributed by atoms with Crippen molar-refractivity contribution in [3.8, 4) is 5.75 Å². The molecule has 0 aliphatic rings. The molecule has 0 amide bonds. The Bertz CT molecular complexity index is 438. The molecule has 2 nitrogen and oxygen atoms in total. The molecular formula is C11H10ClNOS. The third-order valence-electron chi connectivity index (χ3n) is 1.89. The third kappa shape index (κ3) is 2.88. The lowest BCUT2D eigenvalue weighted by Gasteiger charge is -2.04. The summed E-state index contributed by atoms with van der Waals surface area (Å²) in [7, 11) is 0. The first kappa shape index (κ1) is 10.3. The molecule has 15 heavy (non-hydrogen) atoms. The van der Waals surface area contributed by atoms with E-state index in [9.17, 15) is 0 Å². The quantitative estimate of drug-likeness (QED) is 0.832. The van der Waals surface area contributed by atoms with Gasteiger partial charge in [-0.05, 0) is 36.4 Å². The van der Waals surface area contributed by atoms with Gasteiger partial charge in [0.05, 0.1) is 4.34 Å². The Hall–Kier alpha value is -1.19. The Kier molecular flexibility index (Phi) is 3.14. The normalized spacial score (nSPS) is 10.2. The first-order valence-electron chi connectivity index (χ1n) is 4.46. The lowest BCUT2D eigenvalue weighted by Crippen LogP contribution is -1.92. The van der Waals surface area contributed by atoms with E-state index in [1.165, 1.54) is 11.3 Å². The van der Waals surface area contributed by atoms with Gasteiger partial charge in [-0.3, -0.25) is 0 Å². The topological polar surface area (TPSA) is 35.2 Å². The number of rotatable bonds is 3. The van der Waals surface area contributed by atoms with Crippen molar-refractivity contribution < 1.29 is 4.74 Å². The van der Waals surface area contributed by atoms with Crippen molar-refractivity contribution in [3.05, 3.63) is 45.6 Å². The largest absolute Gasteiger partial charge is 0.488 e. The molecule has 0 unspecified atom stereocenters. The van der Waals surface area contributed by atoms with Gasteiger partial charge in [-0.1, -0.05) is 11.6 Å². The predicted octanol–water partition coefficient (Wildman–Crippen LogP) is 3.56. The van der Waals surface area contributed by atoms with Crippen LogP contribution in [-0.4, -0.2) is 0 Å². The van der Waals surface area contributed by atoms with Gasteiger partial charge in [0.2, 0.25) is 0 Å². The van der Waals surface area contributed by atoms with E-state index >= 15 is 0 Å². The Labute approximate surface area is 97.3 Å². The van der Waals surface area contributed by atoms with Crippen molar-refractivity contribution in [2.24, 2.45) is 0 Å². The number of anilines is 1. The molecule has 78 valence electrons. The second-order valence-corrected chi connectivity index (χ2v) is 4.86. The van der Waals surface area contributed by atoms with Gasteiger partial charge in [0, 0.05) is 10.6 Å². The molecule has 1 heterocycles. The number of benzene rings is 1. The van der Waals surface area contributed by atoms with E-state index < -0.39 is 0 Å². The zero-order valence-corrected chi connectivity index (χ0v) is 9.52. The van der Waals surface area contributed by atoms with Crippen LogP contribution in [0, 0.1) is 0 Å². The molecule has 4 heteroatoms. The van der Waals surface area contributed by atoms with Gasteiger partial charge < -0.3 is 10.5 Å². The lowest BCUT2D eigenvalue weighted by molar-refractivity contribution is 0.310. The molecule has 0 bridgehead atoms. The fourth-order valence-corrected chi connectivity index (χ4v) is 2.15. The molecule has 2 rings (SSSR count). The monoisotopic (exact) mass is 239 g/mol. The molecule has 0 spiro atoms. The predicted molar refractivity (Wildman–Crippen MR) is 64.5 cm³/mol. The van der Waals surface area contributed by atoms with Crippen LogP contribution in [0.15, 0.2) is 36.4 Å². The molecule has 2 N–H and O–H groups in total. The fourth-order valence-electron chi connectivity index (χ4n) is 1.15. The first-order chi connectivity index (χ1) is 7.24. The van der Waals surface area contributed by atoms with Crippen LogP contribution in [0.5, 0.6) is 5.75 Å². The molecule has 2 aromatic rings. The van der Waals surface area contributed by atoms with Gasteiger partial charge in [0.15, 0.2) is 0 Å². The minimum atomic E-state index is 0.543. The van der Waals surface area contributed by atoms with Crippen LogP contribution in [0.2, 0.25) is 4.34 Å². The van der Waals surface area contributed by atoms with E-state index in [0.29, 0.717) is 6.61 Å². The smallest absolute Gasteiger partial charge is 0.122 e. The van der Waals surface area contributed by atoms with Crippen LogP contribution < -0.4 is 10.5 Å². The first-order valence-corrected chi connectivity index (χ1v) is 5.66. The highest BCUT2D eigenvalue weighted by atomic mass is 35.5. The molecule has 0 saturated carbocycles. The summed E-state index contributed by atoms with van der Waals surface area (Å²) in [5.41, 5.74) is 6.30. The maximum atomic E-state index is 5.81. The van der Waals surface area contributed by atoms with Crippen LogP contribution in [0.1, 0.15) is 4.88 Å². The summed E-state index contributed by atoms with van der Waals surface area (Å²) >= 11 is 7.34. The Morgan fingerprint density at radius 2 is 1.87 bits per heavy atom. The molecule has 1 aromatic carbocycles. The Morgan fingerprint density at radius 1 is 1.13 bits per heavy atom. The Balaban J connectivity index is 1.96. The van der Waals surface area contributed by atoms with Crippen LogP contribution in [0.25, 0.3) is 0 Å². The van der Waals surface area contributed by atoms with Crippen LogP contribution in [0.3, 0.4) is 0 Å². The highest BCUT2D eigenvalue weighted by Gasteiger charge is 1.99. The van der Waals surface area contributed by atoms with Crippen molar-refractivity contribution in [3.63, 3.8) is 0 Å². The summed E-state index contributed by atoms with van der Waals surface area (Å²) in [5.74, 6) is 0.814. The summed E-state index contributed by atoms with van der Waals surface area (Å²) < 4.78 is 6.34. The van der Waals surface area contributed by atoms with Gasteiger partial charge >= 0.3 is 0 Å². The fraction of sp³-hybridized carbons (Fsp3) is 0.0909. The van der Waals surface area contributed by atoms with Crippen molar-refractivity contribution in [1.29, 1.82) is 0 Å². The lowest BCUT2D eigenvalue weighted by atomic mass is 10.3.